The number of aliphatic hydroxyl groups excluding tert-OH is 1. The lowest BCUT2D eigenvalue weighted by molar-refractivity contribution is -0.137. The van der Waals surface area contributed by atoms with Crippen molar-refractivity contribution in [2.75, 3.05) is 37.7 Å². The Hall–Kier alpha value is -1.74. The van der Waals surface area contributed by atoms with Crippen molar-refractivity contribution in [3.8, 4) is 0 Å². The van der Waals surface area contributed by atoms with E-state index in [1.54, 1.807) is 6.07 Å². The summed E-state index contributed by atoms with van der Waals surface area (Å²) in [5.74, 6) is 0. The molecule has 4 nitrogen and oxygen atoms in total. The molecule has 1 fully saturated rings. The van der Waals surface area contributed by atoms with E-state index in [9.17, 15) is 18.3 Å². The molecule has 0 spiro atoms. The van der Waals surface area contributed by atoms with Crippen molar-refractivity contribution < 1.29 is 18.3 Å². The van der Waals surface area contributed by atoms with E-state index in [1.807, 2.05) is 24.3 Å². The van der Waals surface area contributed by atoms with Gasteiger partial charge in [-0.1, -0.05) is 37.2 Å². The summed E-state index contributed by atoms with van der Waals surface area (Å²) >= 11 is 1.50. The van der Waals surface area contributed by atoms with Crippen LogP contribution in [0.4, 0.5) is 24.5 Å². The van der Waals surface area contributed by atoms with Crippen molar-refractivity contribution in [3.63, 3.8) is 0 Å². The lowest BCUT2D eigenvalue weighted by Gasteiger charge is -2.56. The SMILES string of the molecule is CCCC1(N2c3ccccc3Sc3ccc(C(F)(F)F)cc32)CNCCN1CCO. The highest BCUT2D eigenvalue weighted by molar-refractivity contribution is 7.99. The van der Waals surface area contributed by atoms with Gasteiger partial charge in [0.05, 0.1) is 23.5 Å². The number of halogens is 3. The molecule has 30 heavy (non-hydrogen) atoms. The first kappa shape index (κ1) is 21.5. The summed E-state index contributed by atoms with van der Waals surface area (Å²) in [5, 5.41) is 13.2. The van der Waals surface area contributed by atoms with Gasteiger partial charge >= 0.3 is 6.18 Å². The molecule has 0 aromatic heterocycles. The fourth-order valence-corrected chi connectivity index (χ4v) is 5.66. The van der Waals surface area contributed by atoms with Crippen molar-refractivity contribution >= 4 is 23.1 Å². The lowest BCUT2D eigenvalue weighted by atomic mass is 9.94. The van der Waals surface area contributed by atoms with Gasteiger partial charge < -0.3 is 15.3 Å². The van der Waals surface area contributed by atoms with Crippen molar-refractivity contribution in [3.05, 3.63) is 48.0 Å². The minimum Gasteiger partial charge on any atom is -0.395 e. The number of fused-ring (bicyclic) bond motifs is 2. The number of piperazine rings is 1. The van der Waals surface area contributed by atoms with Crippen LogP contribution >= 0.6 is 11.8 Å². The van der Waals surface area contributed by atoms with Crippen molar-refractivity contribution in [1.82, 2.24) is 10.2 Å². The van der Waals surface area contributed by atoms with Crippen molar-refractivity contribution in [2.24, 2.45) is 0 Å². The predicted octanol–water partition coefficient (Wildman–Crippen LogP) is 4.70. The third-order valence-electron chi connectivity index (χ3n) is 5.85. The van der Waals surface area contributed by atoms with E-state index in [1.165, 1.54) is 17.8 Å². The first-order chi connectivity index (χ1) is 14.4. The number of benzene rings is 2. The normalized spacial score (nSPS) is 22.0. The molecule has 2 aromatic rings. The van der Waals surface area contributed by atoms with Gasteiger partial charge in [-0.05, 0) is 36.8 Å². The maximum atomic E-state index is 13.6. The minimum atomic E-state index is -4.41. The first-order valence-electron chi connectivity index (χ1n) is 10.3. The van der Waals surface area contributed by atoms with E-state index < -0.39 is 17.4 Å². The second-order valence-corrected chi connectivity index (χ2v) is 8.79. The first-order valence-corrected chi connectivity index (χ1v) is 11.1. The average Bonchev–Trinajstić information content (AvgIpc) is 2.72. The molecule has 0 aliphatic carbocycles. The van der Waals surface area contributed by atoms with Gasteiger partial charge in [0.2, 0.25) is 0 Å². The molecule has 0 saturated carbocycles. The number of para-hydroxylation sites is 1. The zero-order chi connectivity index (χ0) is 21.4. The zero-order valence-corrected chi connectivity index (χ0v) is 17.7. The Morgan fingerprint density at radius 3 is 2.63 bits per heavy atom. The molecule has 1 atom stereocenters. The van der Waals surface area contributed by atoms with Crippen LogP contribution in [-0.4, -0.2) is 48.5 Å². The third-order valence-corrected chi connectivity index (χ3v) is 6.98. The fourth-order valence-electron chi connectivity index (χ4n) is 4.62. The Labute approximate surface area is 179 Å². The Morgan fingerprint density at radius 2 is 1.90 bits per heavy atom. The van der Waals surface area contributed by atoms with Crippen LogP contribution in [0.3, 0.4) is 0 Å². The Balaban J connectivity index is 1.94. The lowest BCUT2D eigenvalue weighted by Crippen LogP contribution is -2.69. The van der Waals surface area contributed by atoms with Gasteiger partial charge in [-0.2, -0.15) is 13.2 Å². The summed E-state index contributed by atoms with van der Waals surface area (Å²) in [6.07, 6.45) is -2.78. The molecule has 2 aliphatic rings. The van der Waals surface area contributed by atoms with Gasteiger partial charge in [-0.15, -0.1) is 0 Å². The van der Waals surface area contributed by atoms with Crippen LogP contribution in [0, 0.1) is 0 Å². The molecular formula is C22H26F3N3OS. The molecule has 0 radical (unpaired) electrons. The van der Waals surface area contributed by atoms with Crippen LogP contribution in [0.5, 0.6) is 0 Å². The Morgan fingerprint density at radius 1 is 1.13 bits per heavy atom. The van der Waals surface area contributed by atoms with E-state index in [2.05, 4.69) is 22.0 Å². The highest BCUT2D eigenvalue weighted by Crippen LogP contribution is 2.53. The fraction of sp³-hybridized carbons (Fsp3) is 0.455. The Kier molecular flexibility index (Phi) is 6.03. The number of hydrogen-bond acceptors (Lipinski definition) is 5. The summed E-state index contributed by atoms with van der Waals surface area (Å²) in [4.78, 5) is 6.15. The van der Waals surface area contributed by atoms with Crippen LogP contribution in [0.2, 0.25) is 0 Å². The largest absolute Gasteiger partial charge is 0.416 e. The number of β-amino-alcohol motifs (C(OH)–C–C–N with tert-alkyl or cyclic N) is 1. The number of anilines is 2. The smallest absolute Gasteiger partial charge is 0.395 e. The monoisotopic (exact) mass is 437 g/mol. The number of aliphatic hydroxyl groups is 1. The molecule has 2 aliphatic heterocycles. The third kappa shape index (κ3) is 3.70. The van der Waals surface area contributed by atoms with E-state index >= 15 is 0 Å². The van der Waals surface area contributed by atoms with Crippen molar-refractivity contribution in [2.45, 2.75) is 41.4 Å². The summed E-state index contributed by atoms with van der Waals surface area (Å²) in [5.41, 5.74) is 0.282. The molecule has 8 heteroatoms. The van der Waals surface area contributed by atoms with Gasteiger partial charge in [0.25, 0.3) is 0 Å². The van der Waals surface area contributed by atoms with Crippen LogP contribution in [0.25, 0.3) is 0 Å². The van der Waals surface area contributed by atoms with E-state index in [0.29, 0.717) is 18.8 Å². The average molecular weight is 438 g/mol. The van der Waals surface area contributed by atoms with E-state index in [4.69, 9.17) is 0 Å². The molecular weight excluding hydrogens is 411 g/mol. The Bertz CT molecular complexity index is 901. The topological polar surface area (TPSA) is 38.7 Å². The zero-order valence-electron chi connectivity index (χ0n) is 16.9. The highest BCUT2D eigenvalue weighted by Gasteiger charge is 2.47. The maximum Gasteiger partial charge on any atom is 0.416 e. The second kappa shape index (κ2) is 8.42. The molecule has 1 saturated heterocycles. The van der Waals surface area contributed by atoms with Gasteiger partial charge in [0, 0.05) is 36.0 Å². The van der Waals surface area contributed by atoms with Crippen LogP contribution in [-0.2, 0) is 6.18 Å². The molecule has 162 valence electrons. The summed E-state index contributed by atoms with van der Waals surface area (Å²) < 4.78 is 40.7. The van der Waals surface area contributed by atoms with Gasteiger partial charge in [0.1, 0.15) is 5.66 Å². The predicted molar refractivity (Wildman–Crippen MR) is 113 cm³/mol. The molecule has 2 aromatic carbocycles. The number of nitrogens with zero attached hydrogens (tertiary/aromatic N) is 2. The van der Waals surface area contributed by atoms with E-state index in [-0.39, 0.29) is 6.61 Å². The van der Waals surface area contributed by atoms with Gasteiger partial charge in [-0.3, -0.25) is 4.90 Å². The maximum absolute atomic E-state index is 13.6. The number of alkyl halides is 3. The molecule has 2 N–H and O–H groups in total. The van der Waals surface area contributed by atoms with Crippen LogP contribution in [0.1, 0.15) is 25.3 Å². The standard InChI is InChI=1S/C22H26F3N3OS/c1-2-9-21(15-26-10-11-27(21)12-13-29)28-17-5-3-4-6-19(17)30-20-8-7-16(14-18(20)28)22(23,24)25/h3-8,14,26,29H,2,9-13,15H2,1H3. The molecule has 4 rings (SSSR count). The van der Waals surface area contributed by atoms with Gasteiger partial charge in [0.15, 0.2) is 0 Å². The summed E-state index contributed by atoms with van der Waals surface area (Å²) in [6.45, 7) is 4.68. The van der Waals surface area contributed by atoms with E-state index in [0.717, 1.165) is 47.5 Å². The quantitative estimate of drug-likeness (QED) is 0.709. The summed E-state index contributed by atoms with van der Waals surface area (Å²) in [7, 11) is 0. The summed E-state index contributed by atoms with van der Waals surface area (Å²) in [6, 6.07) is 11.9. The molecule has 0 bridgehead atoms. The number of hydrogen-bond donors (Lipinski definition) is 2. The van der Waals surface area contributed by atoms with Crippen LogP contribution < -0.4 is 10.2 Å². The van der Waals surface area contributed by atoms with Crippen molar-refractivity contribution in [1.29, 1.82) is 0 Å². The number of rotatable bonds is 5. The minimum absolute atomic E-state index is 0.00511. The second-order valence-electron chi connectivity index (χ2n) is 7.71. The molecule has 0 amide bonds. The molecule has 2 heterocycles. The molecule has 1 unspecified atom stereocenters. The number of nitrogens with one attached hydrogen (secondary N) is 1. The van der Waals surface area contributed by atoms with Gasteiger partial charge in [-0.25, -0.2) is 0 Å². The van der Waals surface area contributed by atoms with Crippen LogP contribution in [0.15, 0.2) is 52.3 Å². The highest BCUT2D eigenvalue weighted by atomic mass is 32.2.